The number of hydrogen-bond acceptors (Lipinski definition) is 6. The maximum atomic E-state index is 10.7. The summed E-state index contributed by atoms with van der Waals surface area (Å²) >= 11 is 1.08. The molecule has 104 valence electrons. The molecule has 3 N–H and O–H groups in total. The fourth-order valence-corrected chi connectivity index (χ4v) is 2.20. The Hall–Kier alpha value is -1.37. The van der Waals surface area contributed by atoms with E-state index in [9.17, 15) is 24.9 Å². The van der Waals surface area contributed by atoms with Crippen LogP contribution in [0, 0.1) is 0 Å². The smallest absolute Gasteiger partial charge is 0.185 e. The SMILES string of the molecule is CC(=O)SCCC(O)C(O)c1ccc(O)c(C=O)c1. The van der Waals surface area contributed by atoms with Crippen LogP contribution in [0.1, 0.15) is 35.4 Å². The minimum atomic E-state index is -1.16. The molecule has 6 heteroatoms. The quantitative estimate of drug-likeness (QED) is 0.681. The first-order valence-corrected chi connectivity index (χ1v) is 6.72. The van der Waals surface area contributed by atoms with Gasteiger partial charge in [-0.3, -0.25) is 9.59 Å². The van der Waals surface area contributed by atoms with Crippen molar-refractivity contribution in [2.75, 3.05) is 5.75 Å². The zero-order valence-electron chi connectivity index (χ0n) is 10.4. The number of aldehydes is 1. The van der Waals surface area contributed by atoms with Crippen molar-refractivity contribution in [3.8, 4) is 5.75 Å². The molecule has 0 aliphatic rings. The van der Waals surface area contributed by atoms with Crippen LogP contribution in [0.25, 0.3) is 0 Å². The first-order chi connectivity index (χ1) is 8.95. The van der Waals surface area contributed by atoms with Gasteiger partial charge in [-0.25, -0.2) is 0 Å². The number of carbonyl (C=O) groups excluding carboxylic acids is 2. The first kappa shape index (κ1) is 15.7. The maximum Gasteiger partial charge on any atom is 0.185 e. The van der Waals surface area contributed by atoms with Crippen LogP contribution in [0.2, 0.25) is 0 Å². The summed E-state index contributed by atoms with van der Waals surface area (Å²) in [6, 6.07) is 4.06. The highest BCUT2D eigenvalue weighted by Crippen LogP contribution is 2.24. The van der Waals surface area contributed by atoms with Gasteiger partial charge in [-0.1, -0.05) is 17.8 Å². The Morgan fingerprint density at radius 1 is 1.42 bits per heavy atom. The summed E-state index contributed by atoms with van der Waals surface area (Å²) in [5.41, 5.74) is 0.405. The van der Waals surface area contributed by atoms with Crippen molar-refractivity contribution in [1.29, 1.82) is 0 Å². The molecule has 1 aromatic rings. The number of thioether (sulfide) groups is 1. The fraction of sp³-hybridized carbons (Fsp3) is 0.385. The molecule has 5 nitrogen and oxygen atoms in total. The van der Waals surface area contributed by atoms with E-state index in [1.54, 1.807) is 0 Å². The Balaban J connectivity index is 2.68. The molecule has 19 heavy (non-hydrogen) atoms. The number of rotatable bonds is 6. The molecule has 1 aromatic carbocycles. The van der Waals surface area contributed by atoms with E-state index in [1.165, 1.54) is 25.1 Å². The second-order valence-corrected chi connectivity index (χ2v) is 5.35. The first-order valence-electron chi connectivity index (χ1n) is 5.73. The van der Waals surface area contributed by atoms with Gasteiger partial charge in [0.05, 0.1) is 11.7 Å². The van der Waals surface area contributed by atoms with Crippen LogP contribution in [0.3, 0.4) is 0 Å². The van der Waals surface area contributed by atoms with Crippen molar-refractivity contribution in [2.45, 2.75) is 25.6 Å². The van der Waals surface area contributed by atoms with E-state index < -0.39 is 12.2 Å². The molecule has 0 aromatic heterocycles. The highest BCUT2D eigenvalue weighted by molar-refractivity contribution is 8.13. The van der Waals surface area contributed by atoms with Crippen LogP contribution in [-0.2, 0) is 4.79 Å². The lowest BCUT2D eigenvalue weighted by Crippen LogP contribution is -2.19. The molecule has 0 spiro atoms. The van der Waals surface area contributed by atoms with Crippen LogP contribution in [0.5, 0.6) is 5.75 Å². The number of aliphatic hydroxyl groups is 2. The van der Waals surface area contributed by atoms with Crippen molar-refractivity contribution in [2.24, 2.45) is 0 Å². The Morgan fingerprint density at radius 3 is 2.68 bits per heavy atom. The van der Waals surface area contributed by atoms with E-state index in [4.69, 9.17) is 0 Å². The zero-order valence-corrected chi connectivity index (χ0v) is 11.3. The Labute approximate surface area is 115 Å². The number of hydrogen-bond donors (Lipinski definition) is 3. The van der Waals surface area contributed by atoms with Crippen LogP contribution in [0.15, 0.2) is 18.2 Å². The highest BCUT2D eigenvalue weighted by Gasteiger charge is 2.19. The Kier molecular flexibility index (Phi) is 6.01. The number of benzene rings is 1. The summed E-state index contributed by atoms with van der Waals surface area (Å²) < 4.78 is 0. The van der Waals surface area contributed by atoms with Gasteiger partial charge in [0.1, 0.15) is 11.9 Å². The highest BCUT2D eigenvalue weighted by atomic mass is 32.2. The second-order valence-electron chi connectivity index (χ2n) is 4.08. The van der Waals surface area contributed by atoms with Crippen LogP contribution in [0.4, 0.5) is 0 Å². The largest absolute Gasteiger partial charge is 0.507 e. The van der Waals surface area contributed by atoms with Gasteiger partial charge >= 0.3 is 0 Å². The van der Waals surface area contributed by atoms with Gasteiger partial charge < -0.3 is 15.3 Å². The molecule has 0 radical (unpaired) electrons. The third-order valence-electron chi connectivity index (χ3n) is 2.60. The van der Waals surface area contributed by atoms with E-state index in [-0.39, 0.29) is 22.8 Å². The summed E-state index contributed by atoms with van der Waals surface area (Å²) in [5.74, 6) is 0.235. The summed E-state index contributed by atoms with van der Waals surface area (Å²) in [6.45, 7) is 1.43. The Bertz CT molecular complexity index is 460. The molecule has 2 unspecified atom stereocenters. The van der Waals surface area contributed by atoms with Gasteiger partial charge in [-0.05, 0) is 24.1 Å². The molecule has 0 amide bonds. The molecule has 0 saturated heterocycles. The lowest BCUT2D eigenvalue weighted by Gasteiger charge is -2.18. The van der Waals surface area contributed by atoms with Gasteiger partial charge in [0.15, 0.2) is 11.4 Å². The van der Waals surface area contributed by atoms with Crippen molar-refractivity contribution >= 4 is 23.2 Å². The van der Waals surface area contributed by atoms with E-state index in [0.717, 1.165) is 11.8 Å². The molecule has 2 atom stereocenters. The standard InChI is InChI=1S/C13H16O5S/c1-8(15)19-5-4-12(17)13(18)9-2-3-11(16)10(6-9)7-14/h2-3,6-7,12-13,16-18H,4-5H2,1H3. The average Bonchev–Trinajstić information content (AvgIpc) is 2.38. The van der Waals surface area contributed by atoms with Gasteiger partial charge in [0, 0.05) is 12.7 Å². The third-order valence-corrected chi connectivity index (χ3v) is 3.45. The molecule has 1 rings (SSSR count). The molecule has 0 aliphatic heterocycles. The molecular formula is C13H16O5S. The van der Waals surface area contributed by atoms with Gasteiger partial charge in [-0.15, -0.1) is 0 Å². The van der Waals surface area contributed by atoms with E-state index in [0.29, 0.717) is 17.6 Å². The molecule has 0 fully saturated rings. The molecule has 0 heterocycles. The van der Waals surface area contributed by atoms with E-state index in [2.05, 4.69) is 0 Å². The minimum Gasteiger partial charge on any atom is -0.507 e. The van der Waals surface area contributed by atoms with Crippen LogP contribution < -0.4 is 0 Å². The third kappa shape index (κ3) is 4.66. The lowest BCUT2D eigenvalue weighted by molar-refractivity contribution is -0.109. The van der Waals surface area contributed by atoms with Gasteiger partial charge in [0.25, 0.3) is 0 Å². The topological polar surface area (TPSA) is 94.8 Å². The normalized spacial score (nSPS) is 13.8. The summed E-state index contributed by atoms with van der Waals surface area (Å²) in [7, 11) is 0. The molecule has 0 aliphatic carbocycles. The number of carbonyl (C=O) groups is 2. The van der Waals surface area contributed by atoms with Crippen molar-refractivity contribution in [3.63, 3.8) is 0 Å². The predicted molar refractivity (Wildman–Crippen MR) is 72.2 cm³/mol. The molecule has 0 saturated carbocycles. The van der Waals surface area contributed by atoms with Crippen molar-refractivity contribution < 1.29 is 24.9 Å². The average molecular weight is 284 g/mol. The summed E-state index contributed by atoms with van der Waals surface area (Å²) in [5, 5.41) is 29.0. The zero-order chi connectivity index (χ0) is 14.4. The number of aromatic hydroxyl groups is 1. The monoisotopic (exact) mass is 284 g/mol. The van der Waals surface area contributed by atoms with Gasteiger partial charge in [0.2, 0.25) is 0 Å². The van der Waals surface area contributed by atoms with Crippen LogP contribution >= 0.6 is 11.8 Å². The number of phenolic OH excluding ortho intramolecular Hbond substituents is 1. The summed E-state index contributed by atoms with van der Waals surface area (Å²) in [6.07, 6.45) is -1.46. The van der Waals surface area contributed by atoms with Crippen LogP contribution in [-0.4, -0.2) is 38.6 Å². The van der Waals surface area contributed by atoms with Crippen molar-refractivity contribution in [1.82, 2.24) is 0 Å². The predicted octanol–water partition coefficient (Wildman–Crippen LogP) is 1.27. The lowest BCUT2D eigenvalue weighted by atomic mass is 10.0. The minimum absolute atomic E-state index is 0.0467. The Morgan fingerprint density at radius 2 is 2.11 bits per heavy atom. The number of phenols is 1. The summed E-state index contributed by atoms with van der Waals surface area (Å²) in [4.78, 5) is 21.4. The van der Waals surface area contributed by atoms with Crippen molar-refractivity contribution in [3.05, 3.63) is 29.3 Å². The number of aliphatic hydroxyl groups excluding tert-OH is 2. The van der Waals surface area contributed by atoms with E-state index in [1.807, 2.05) is 0 Å². The molecular weight excluding hydrogens is 268 g/mol. The van der Waals surface area contributed by atoms with E-state index >= 15 is 0 Å². The fourth-order valence-electron chi connectivity index (χ4n) is 1.55. The molecule has 0 bridgehead atoms. The van der Waals surface area contributed by atoms with Gasteiger partial charge in [-0.2, -0.15) is 0 Å². The maximum absolute atomic E-state index is 10.7. The second kappa shape index (κ2) is 7.28.